The lowest BCUT2D eigenvalue weighted by Crippen LogP contribution is -2.02. The Morgan fingerprint density at radius 3 is 2.81 bits per heavy atom. The normalized spacial score (nSPS) is 10.4. The predicted molar refractivity (Wildman–Crippen MR) is 65.8 cm³/mol. The van der Waals surface area contributed by atoms with E-state index >= 15 is 0 Å². The minimum Gasteiger partial charge on any atom is -0.488 e. The van der Waals surface area contributed by atoms with E-state index < -0.39 is 0 Å². The summed E-state index contributed by atoms with van der Waals surface area (Å²) >= 11 is 3.34. The molecule has 0 heterocycles. The maximum absolute atomic E-state index is 11.2. The van der Waals surface area contributed by atoms with E-state index in [-0.39, 0.29) is 5.97 Å². The van der Waals surface area contributed by atoms with E-state index in [2.05, 4.69) is 20.7 Å². The molecule has 0 amide bonds. The molecular weight excluding hydrogens is 272 g/mol. The van der Waals surface area contributed by atoms with Crippen LogP contribution < -0.4 is 4.74 Å². The van der Waals surface area contributed by atoms with E-state index in [1.165, 1.54) is 7.11 Å². The Hall–Kier alpha value is -1.29. The molecule has 0 aliphatic rings. The second-order valence-corrected chi connectivity index (χ2v) is 3.87. The van der Waals surface area contributed by atoms with Crippen molar-refractivity contribution in [1.29, 1.82) is 0 Å². The summed E-state index contributed by atoms with van der Waals surface area (Å²) in [6, 6.07) is 5.08. The highest BCUT2D eigenvalue weighted by Crippen LogP contribution is 2.26. The highest BCUT2D eigenvalue weighted by atomic mass is 79.9. The molecule has 1 aromatic carbocycles. The maximum Gasteiger partial charge on any atom is 0.337 e. The Balaban J connectivity index is 2.79. The van der Waals surface area contributed by atoms with Gasteiger partial charge in [-0.1, -0.05) is 12.2 Å². The molecule has 1 aromatic rings. The Bertz CT molecular complexity index is 399. The number of benzene rings is 1. The van der Waals surface area contributed by atoms with Crippen LogP contribution in [-0.4, -0.2) is 19.7 Å². The molecule has 0 bridgehead atoms. The average Bonchev–Trinajstić information content (AvgIpc) is 2.30. The number of methoxy groups -OCH3 is 1. The van der Waals surface area contributed by atoms with Gasteiger partial charge in [-0.3, -0.25) is 0 Å². The van der Waals surface area contributed by atoms with E-state index in [9.17, 15) is 4.79 Å². The first-order valence-corrected chi connectivity index (χ1v) is 5.60. The third-order valence-electron chi connectivity index (χ3n) is 1.92. The minimum absolute atomic E-state index is 0.360. The van der Waals surface area contributed by atoms with Crippen LogP contribution in [0.3, 0.4) is 0 Å². The monoisotopic (exact) mass is 284 g/mol. The van der Waals surface area contributed by atoms with Gasteiger partial charge in [-0.2, -0.15) is 0 Å². The van der Waals surface area contributed by atoms with Crippen molar-refractivity contribution in [2.75, 3.05) is 13.7 Å². The van der Waals surface area contributed by atoms with Gasteiger partial charge < -0.3 is 9.47 Å². The number of hydrogen-bond acceptors (Lipinski definition) is 3. The zero-order valence-corrected chi connectivity index (χ0v) is 10.8. The maximum atomic E-state index is 11.2. The molecule has 0 atom stereocenters. The number of allylic oxidation sites excluding steroid dienone is 1. The molecule has 0 aliphatic carbocycles. The van der Waals surface area contributed by atoms with Crippen LogP contribution >= 0.6 is 15.9 Å². The number of halogens is 1. The molecule has 1 rings (SSSR count). The van der Waals surface area contributed by atoms with Gasteiger partial charge in [-0.15, -0.1) is 0 Å². The molecule has 0 unspecified atom stereocenters. The molecule has 0 aromatic heterocycles. The summed E-state index contributed by atoms with van der Waals surface area (Å²) in [5.41, 5.74) is 0.493. The topological polar surface area (TPSA) is 35.5 Å². The van der Waals surface area contributed by atoms with Crippen LogP contribution in [0.2, 0.25) is 0 Å². The summed E-state index contributed by atoms with van der Waals surface area (Å²) in [6.07, 6.45) is 3.82. The third kappa shape index (κ3) is 3.38. The number of ether oxygens (including phenoxy) is 2. The van der Waals surface area contributed by atoms with Crippen molar-refractivity contribution in [2.24, 2.45) is 0 Å². The minimum atomic E-state index is -0.360. The fourth-order valence-electron chi connectivity index (χ4n) is 1.10. The number of carbonyl (C=O) groups is 1. The van der Waals surface area contributed by atoms with Gasteiger partial charge in [0.2, 0.25) is 0 Å². The van der Waals surface area contributed by atoms with E-state index in [1.807, 2.05) is 19.1 Å². The SMILES string of the molecule is C/C=C/COc1ccc(C(=O)OC)cc1Br. The van der Waals surface area contributed by atoms with Crippen molar-refractivity contribution in [3.8, 4) is 5.75 Å². The quantitative estimate of drug-likeness (QED) is 0.629. The summed E-state index contributed by atoms with van der Waals surface area (Å²) in [7, 11) is 1.35. The molecule has 0 saturated heterocycles. The van der Waals surface area contributed by atoms with Crippen molar-refractivity contribution in [3.05, 3.63) is 40.4 Å². The molecule has 3 nitrogen and oxygen atoms in total. The van der Waals surface area contributed by atoms with Crippen molar-refractivity contribution in [1.82, 2.24) is 0 Å². The molecular formula is C12H13BrO3. The van der Waals surface area contributed by atoms with E-state index in [0.29, 0.717) is 17.9 Å². The smallest absolute Gasteiger partial charge is 0.337 e. The average molecular weight is 285 g/mol. The Morgan fingerprint density at radius 1 is 1.50 bits per heavy atom. The molecule has 0 spiro atoms. The lowest BCUT2D eigenvalue weighted by Gasteiger charge is -2.07. The second-order valence-electron chi connectivity index (χ2n) is 3.02. The summed E-state index contributed by atoms with van der Waals surface area (Å²) in [4.78, 5) is 11.2. The van der Waals surface area contributed by atoms with Crippen molar-refractivity contribution in [2.45, 2.75) is 6.92 Å². The van der Waals surface area contributed by atoms with Gasteiger partial charge in [0.1, 0.15) is 12.4 Å². The number of carbonyl (C=O) groups excluding carboxylic acids is 1. The summed E-state index contributed by atoms with van der Waals surface area (Å²) in [5.74, 6) is 0.339. The van der Waals surface area contributed by atoms with Crippen molar-refractivity contribution < 1.29 is 14.3 Å². The first-order chi connectivity index (χ1) is 7.69. The third-order valence-corrected chi connectivity index (χ3v) is 2.54. The Kier molecular flexibility index (Phi) is 5.05. The molecule has 4 heteroatoms. The first-order valence-electron chi connectivity index (χ1n) is 4.81. The molecule has 86 valence electrons. The lowest BCUT2D eigenvalue weighted by molar-refractivity contribution is 0.0600. The van der Waals surface area contributed by atoms with E-state index in [1.54, 1.807) is 18.2 Å². The van der Waals surface area contributed by atoms with Gasteiger partial charge in [0.15, 0.2) is 0 Å². The van der Waals surface area contributed by atoms with Gasteiger partial charge in [-0.25, -0.2) is 4.79 Å². The molecule has 16 heavy (non-hydrogen) atoms. The number of hydrogen-bond donors (Lipinski definition) is 0. The first kappa shape index (κ1) is 12.8. The fraction of sp³-hybridized carbons (Fsp3) is 0.250. The Morgan fingerprint density at radius 2 is 2.25 bits per heavy atom. The zero-order valence-electron chi connectivity index (χ0n) is 9.20. The van der Waals surface area contributed by atoms with Gasteiger partial charge in [0, 0.05) is 0 Å². The van der Waals surface area contributed by atoms with Crippen molar-refractivity contribution >= 4 is 21.9 Å². The zero-order chi connectivity index (χ0) is 12.0. The largest absolute Gasteiger partial charge is 0.488 e. The molecule has 0 fully saturated rings. The molecule has 0 radical (unpaired) electrons. The summed E-state index contributed by atoms with van der Waals surface area (Å²) < 4.78 is 10.8. The fourth-order valence-corrected chi connectivity index (χ4v) is 1.59. The summed E-state index contributed by atoms with van der Waals surface area (Å²) in [5, 5.41) is 0. The Labute approximate surface area is 103 Å². The van der Waals surface area contributed by atoms with Gasteiger partial charge in [0.05, 0.1) is 17.1 Å². The van der Waals surface area contributed by atoms with Crippen LogP contribution in [0, 0.1) is 0 Å². The molecule has 0 N–H and O–H groups in total. The van der Waals surface area contributed by atoms with Crippen LogP contribution in [0.4, 0.5) is 0 Å². The predicted octanol–water partition coefficient (Wildman–Crippen LogP) is 3.19. The van der Waals surface area contributed by atoms with E-state index in [4.69, 9.17) is 4.74 Å². The summed E-state index contributed by atoms with van der Waals surface area (Å²) in [6.45, 7) is 2.44. The highest BCUT2D eigenvalue weighted by Gasteiger charge is 2.08. The van der Waals surface area contributed by atoms with Crippen LogP contribution in [0.5, 0.6) is 5.75 Å². The van der Waals surface area contributed by atoms with Crippen molar-refractivity contribution in [3.63, 3.8) is 0 Å². The van der Waals surface area contributed by atoms with E-state index in [0.717, 1.165) is 4.47 Å². The van der Waals surface area contributed by atoms with Crippen LogP contribution in [0.15, 0.2) is 34.8 Å². The van der Waals surface area contributed by atoms with Gasteiger partial charge >= 0.3 is 5.97 Å². The number of rotatable bonds is 4. The second kappa shape index (κ2) is 6.33. The van der Waals surface area contributed by atoms with Crippen LogP contribution in [-0.2, 0) is 4.74 Å². The molecule has 0 saturated carbocycles. The van der Waals surface area contributed by atoms with Crippen LogP contribution in [0.1, 0.15) is 17.3 Å². The lowest BCUT2D eigenvalue weighted by atomic mass is 10.2. The number of esters is 1. The van der Waals surface area contributed by atoms with Gasteiger partial charge in [-0.05, 0) is 41.1 Å². The highest BCUT2D eigenvalue weighted by molar-refractivity contribution is 9.10. The molecule has 0 aliphatic heterocycles. The van der Waals surface area contributed by atoms with Crippen LogP contribution in [0.25, 0.3) is 0 Å². The van der Waals surface area contributed by atoms with Gasteiger partial charge in [0.25, 0.3) is 0 Å². The standard InChI is InChI=1S/C12H13BrO3/c1-3-4-7-16-11-6-5-9(8-10(11)13)12(14)15-2/h3-6,8H,7H2,1-2H3/b4-3+.